The first-order valence-corrected chi connectivity index (χ1v) is 10.1. The fourth-order valence-electron chi connectivity index (χ4n) is 3.71. The highest BCUT2D eigenvalue weighted by Crippen LogP contribution is 2.24. The molecule has 9 nitrogen and oxygen atoms in total. The maximum atomic E-state index is 13.3. The molecule has 0 spiro atoms. The van der Waals surface area contributed by atoms with Crippen molar-refractivity contribution in [2.45, 2.75) is 32.4 Å². The summed E-state index contributed by atoms with van der Waals surface area (Å²) < 4.78 is 12.4. The summed E-state index contributed by atoms with van der Waals surface area (Å²) >= 11 is 0. The molecule has 2 aromatic heterocycles. The van der Waals surface area contributed by atoms with Gasteiger partial charge in [0, 0.05) is 6.61 Å². The van der Waals surface area contributed by atoms with Crippen LogP contribution in [-0.4, -0.2) is 34.7 Å². The van der Waals surface area contributed by atoms with E-state index in [1.54, 1.807) is 19.1 Å². The average Bonchev–Trinajstić information content (AvgIpc) is 3.42. The number of nitrogens with two attached hydrogens (primary N) is 1. The van der Waals surface area contributed by atoms with E-state index in [2.05, 4.69) is 4.98 Å². The molecule has 1 aromatic carbocycles. The van der Waals surface area contributed by atoms with Gasteiger partial charge < -0.3 is 14.9 Å². The number of ether oxygens (including phenoxy) is 1. The molecule has 1 aliphatic heterocycles. The highest BCUT2D eigenvalue weighted by atomic mass is 16.5. The minimum absolute atomic E-state index is 0.0788. The molecular weight excluding hydrogens is 400 g/mol. The number of carbonyl (C=O) groups is 1. The van der Waals surface area contributed by atoms with Gasteiger partial charge in [0.05, 0.1) is 19.2 Å². The number of nitrogens with one attached hydrogen (secondary N) is 1. The van der Waals surface area contributed by atoms with Crippen molar-refractivity contribution in [2.75, 3.05) is 23.8 Å². The van der Waals surface area contributed by atoms with Crippen LogP contribution in [0.15, 0.2) is 56.5 Å². The van der Waals surface area contributed by atoms with Crippen LogP contribution in [0.5, 0.6) is 0 Å². The molecule has 3 heterocycles. The van der Waals surface area contributed by atoms with Gasteiger partial charge in [-0.3, -0.25) is 24.0 Å². The van der Waals surface area contributed by atoms with Crippen molar-refractivity contribution in [3.63, 3.8) is 0 Å². The van der Waals surface area contributed by atoms with Crippen LogP contribution in [0.3, 0.4) is 0 Å². The maximum absolute atomic E-state index is 13.3. The van der Waals surface area contributed by atoms with E-state index < -0.39 is 17.2 Å². The molecular formula is C22H24N4O5. The van der Waals surface area contributed by atoms with Gasteiger partial charge in [-0.2, -0.15) is 0 Å². The molecule has 1 fully saturated rings. The molecule has 0 saturated carbocycles. The zero-order valence-electron chi connectivity index (χ0n) is 17.2. The number of furan rings is 1. The van der Waals surface area contributed by atoms with Gasteiger partial charge in [-0.25, -0.2) is 4.79 Å². The Labute approximate surface area is 178 Å². The lowest BCUT2D eigenvalue weighted by molar-refractivity contribution is 0.0893. The number of aromatic nitrogens is 2. The topological polar surface area (TPSA) is 124 Å². The Morgan fingerprint density at radius 2 is 2.00 bits per heavy atom. The Kier molecular flexibility index (Phi) is 5.77. The van der Waals surface area contributed by atoms with Crippen LogP contribution in [-0.2, 0) is 11.3 Å². The Morgan fingerprint density at radius 1 is 1.23 bits per heavy atom. The van der Waals surface area contributed by atoms with Gasteiger partial charge >= 0.3 is 5.69 Å². The van der Waals surface area contributed by atoms with Crippen LogP contribution in [0.1, 0.15) is 34.7 Å². The second-order valence-electron chi connectivity index (χ2n) is 7.53. The van der Waals surface area contributed by atoms with Crippen molar-refractivity contribution in [1.29, 1.82) is 0 Å². The van der Waals surface area contributed by atoms with Crippen LogP contribution in [0.25, 0.3) is 0 Å². The lowest BCUT2D eigenvalue weighted by Gasteiger charge is -2.26. The molecule has 3 N–H and O–H groups in total. The summed E-state index contributed by atoms with van der Waals surface area (Å²) in [7, 11) is 0. The summed E-state index contributed by atoms with van der Waals surface area (Å²) in [5.41, 5.74) is 5.66. The lowest BCUT2D eigenvalue weighted by atomic mass is 10.2. The first kappa shape index (κ1) is 20.7. The normalized spacial score (nSPS) is 15.8. The molecule has 0 unspecified atom stereocenters. The Morgan fingerprint density at radius 3 is 2.65 bits per heavy atom. The largest absolute Gasteiger partial charge is 0.456 e. The van der Waals surface area contributed by atoms with E-state index in [1.165, 1.54) is 9.47 Å². The molecule has 1 saturated heterocycles. The number of aryl methyl sites for hydroxylation is 1. The summed E-state index contributed by atoms with van der Waals surface area (Å²) in [5.74, 6) is 0.0318. The third kappa shape index (κ3) is 4.31. The molecule has 1 atom stereocenters. The van der Waals surface area contributed by atoms with Gasteiger partial charge in [-0.15, -0.1) is 0 Å². The van der Waals surface area contributed by atoms with Gasteiger partial charge in [0.2, 0.25) is 0 Å². The van der Waals surface area contributed by atoms with Crippen molar-refractivity contribution < 1.29 is 13.9 Å². The Balaban J connectivity index is 1.79. The fraction of sp³-hybridized carbons (Fsp3) is 0.318. The number of carbonyl (C=O) groups excluding carboxylic acids is 1. The molecule has 0 radical (unpaired) electrons. The molecule has 0 aliphatic carbocycles. The van der Waals surface area contributed by atoms with Crippen LogP contribution < -0.4 is 21.9 Å². The number of H-pyrrole nitrogens is 1. The smallest absolute Gasteiger partial charge is 0.330 e. The number of anilines is 2. The third-order valence-electron chi connectivity index (χ3n) is 5.27. The van der Waals surface area contributed by atoms with E-state index >= 15 is 0 Å². The quantitative estimate of drug-likeness (QED) is 0.623. The average molecular weight is 424 g/mol. The standard InChI is InChI=1S/C22H24N4O5/c1-14-9-10-17(31-14)21(28)25(13-16-8-5-11-30-16)18-19(23)26(22(29)24-20(18)27)12-15-6-3-2-4-7-15/h2-4,6-7,9-10,16H,5,8,11-13,23H2,1H3,(H,24,27,29)/t16-/m0/s1. The van der Waals surface area contributed by atoms with Crippen LogP contribution in [0.2, 0.25) is 0 Å². The number of aromatic amines is 1. The van der Waals surface area contributed by atoms with Crippen molar-refractivity contribution in [3.05, 3.63) is 80.4 Å². The molecule has 1 amide bonds. The number of rotatable bonds is 6. The zero-order chi connectivity index (χ0) is 22.0. The first-order valence-electron chi connectivity index (χ1n) is 10.1. The zero-order valence-corrected chi connectivity index (χ0v) is 17.2. The number of amides is 1. The van der Waals surface area contributed by atoms with Gasteiger partial charge in [0.15, 0.2) is 11.4 Å². The molecule has 31 heavy (non-hydrogen) atoms. The van der Waals surface area contributed by atoms with E-state index in [1.807, 2.05) is 30.3 Å². The predicted molar refractivity (Wildman–Crippen MR) is 115 cm³/mol. The predicted octanol–water partition coefficient (Wildman–Crippen LogP) is 1.89. The monoisotopic (exact) mass is 424 g/mol. The van der Waals surface area contributed by atoms with E-state index in [4.69, 9.17) is 14.9 Å². The van der Waals surface area contributed by atoms with E-state index in [9.17, 15) is 14.4 Å². The van der Waals surface area contributed by atoms with Gasteiger partial charge in [0.1, 0.15) is 11.6 Å². The number of benzene rings is 1. The summed E-state index contributed by atoms with van der Waals surface area (Å²) in [4.78, 5) is 42.1. The van der Waals surface area contributed by atoms with Crippen molar-refractivity contribution in [1.82, 2.24) is 9.55 Å². The first-order chi connectivity index (χ1) is 14.9. The number of hydrogen-bond acceptors (Lipinski definition) is 6. The van der Waals surface area contributed by atoms with Gasteiger partial charge in [-0.05, 0) is 37.5 Å². The molecule has 1 aliphatic rings. The maximum Gasteiger partial charge on any atom is 0.330 e. The highest BCUT2D eigenvalue weighted by molar-refractivity contribution is 6.05. The highest BCUT2D eigenvalue weighted by Gasteiger charge is 2.30. The summed E-state index contributed by atoms with van der Waals surface area (Å²) in [5, 5.41) is 0. The second kappa shape index (κ2) is 8.65. The SMILES string of the molecule is Cc1ccc(C(=O)N(C[C@@H]2CCCO2)c2c(N)n(Cc3ccccc3)c(=O)[nH]c2=O)o1. The molecule has 162 valence electrons. The minimum Gasteiger partial charge on any atom is -0.456 e. The summed E-state index contributed by atoms with van der Waals surface area (Å²) in [6, 6.07) is 12.5. The summed E-state index contributed by atoms with van der Waals surface area (Å²) in [6.45, 7) is 2.58. The second-order valence-corrected chi connectivity index (χ2v) is 7.53. The Bertz CT molecular complexity index is 1190. The molecule has 0 bridgehead atoms. The van der Waals surface area contributed by atoms with Crippen molar-refractivity contribution in [2.24, 2.45) is 0 Å². The Hall–Kier alpha value is -3.59. The molecule has 3 aromatic rings. The third-order valence-corrected chi connectivity index (χ3v) is 5.27. The number of nitrogens with zero attached hydrogens (tertiary/aromatic N) is 2. The van der Waals surface area contributed by atoms with Gasteiger partial charge in [0.25, 0.3) is 11.5 Å². The van der Waals surface area contributed by atoms with Crippen LogP contribution in [0.4, 0.5) is 11.5 Å². The lowest BCUT2D eigenvalue weighted by Crippen LogP contribution is -2.44. The van der Waals surface area contributed by atoms with Crippen molar-refractivity contribution >= 4 is 17.4 Å². The molecule has 4 rings (SSSR count). The van der Waals surface area contributed by atoms with Gasteiger partial charge in [-0.1, -0.05) is 30.3 Å². The summed E-state index contributed by atoms with van der Waals surface area (Å²) in [6.07, 6.45) is 1.38. The molecule has 9 heteroatoms. The van der Waals surface area contributed by atoms with Crippen LogP contribution >= 0.6 is 0 Å². The van der Waals surface area contributed by atoms with E-state index in [0.29, 0.717) is 12.4 Å². The van der Waals surface area contributed by atoms with E-state index in [-0.39, 0.29) is 36.5 Å². The van der Waals surface area contributed by atoms with Crippen LogP contribution in [0, 0.1) is 6.92 Å². The number of hydrogen-bond donors (Lipinski definition) is 2. The van der Waals surface area contributed by atoms with E-state index in [0.717, 1.165) is 18.4 Å². The minimum atomic E-state index is -0.735. The van der Waals surface area contributed by atoms with Crippen molar-refractivity contribution in [3.8, 4) is 0 Å². The number of nitrogen functional groups attached to an aromatic ring is 1. The fourth-order valence-corrected chi connectivity index (χ4v) is 3.71.